The number of anilines is 1. The second-order valence-electron chi connectivity index (χ2n) is 6.95. The number of nitrogens with one attached hydrogen (secondary N) is 1. The van der Waals surface area contributed by atoms with Crippen molar-refractivity contribution in [3.05, 3.63) is 65.2 Å². The van der Waals surface area contributed by atoms with Crippen molar-refractivity contribution >= 4 is 17.5 Å². The van der Waals surface area contributed by atoms with E-state index in [0.717, 1.165) is 19.5 Å². The van der Waals surface area contributed by atoms with Gasteiger partial charge in [0.25, 0.3) is 11.8 Å². The molecule has 142 valence electrons. The molecule has 0 unspecified atom stereocenters. The van der Waals surface area contributed by atoms with Crippen molar-refractivity contribution in [3.63, 3.8) is 0 Å². The molecule has 0 radical (unpaired) electrons. The van der Waals surface area contributed by atoms with E-state index in [9.17, 15) is 9.59 Å². The second kappa shape index (κ2) is 8.71. The Labute approximate surface area is 161 Å². The minimum absolute atomic E-state index is 0.0102. The third-order valence-corrected chi connectivity index (χ3v) is 4.84. The summed E-state index contributed by atoms with van der Waals surface area (Å²) in [4.78, 5) is 29.2. The van der Waals surface area contributed by atoms with Gasteiger partial charge in [-0.2, -0.15) is 0 Å². The summed E-state index contributed by atoms with van der Waals surface area (Å²) in [5, 5.41) is 2.85. The van der Waals surface area contributed by atoms with Crippen molar-refractivity contribution in [2.24, 2.45) is 0 Å². The second-order valence-corrected chi connectivity index (χ2v) is 6.95. The Morgan fingerprint density at radius 3 is 2.37 bits per heavy atom. The van der Waals surface area contributed by atoms with Crippen molar-refractivity contribution < 1.29 is 9.59 Å². The van der Waals surface area contributed by atoms with E-state index < -0.39 is 0 Å². The summed E-state index contributed by atoms with van der Waals surface area (Å²) in [6, 6.07) is 15.4. The highest BCUT2D eigenvalue weighted by Gasteiger charge is 2.23. The van der Waals surface area contributed by atoms with E-state index in [2.05, 4.69) is 41.4 Å². The number of hydrogen-bond acceptors (Lipinski definition) is 3. The highest BCUT2D eigenvalue weighted by atomic mass is 16.2. The predicted octanol–water partition coefficient (Wildman–Crippen LogP) is 3.10. The number of hydrogen-bond donors (Lipinski definition) is 1. The zero-order valence-corrected chi connectivity index (χ0v) is 16.1. The Hall–Kier alpha value is -2.82. The van der Waals surface area contributed by atoms with Gasteiger partial charge >= 0.3 is 0 Å². The molecule has 5 heteroatoms. The topological polar surface area (TPSA) is 52.7 Å². The Kier molecular flexibility index (Phi) is 6.12. The van der Waals surface area contributed by atoms with Crippen molar-refractivity contribution in [1.29, 1.82) is 0 Å². The third kappa shape index (κ3) is 4.67. The lowest BCUT2D eigenvalue weighted by molar-refractivity contribution is 0.0747. The summed E-state index contributed by atoms with van der Waals surface area (Å²) >= 11 is 0. The first-order valence-corrected chi connectivity index (χ1v) is 9.57. The van der Waals surface area contributed by atoms with Crippen LogP contribution in [0.2, 0.25) is 0 Å². The van der Waals surface area contributed by atoms with E-state index in [1.165, 1.54) is 11.3 Å². The first-order valence-electron chi connectivity index (χ1n) is 9.57. The van der Waals surface area contributed by atoms with Gasteiger partial charge in [0.2, 0.25) is 0 Å². The number of rotatable bonds is 5. The van der Waals surface area contributed by atoms with E-state index in [-0.39, 0.29) is 11.8 Å². The van der Waals surface area contributed by atoms with E-state index in [1.807, 2.05) is 11.8 Å². The van der Waals surface area contributed by atoms with Gasteiger partial charge in [0, 0.05) is 49.5 Å². The van der Waals surface area contributed by atoms with Gasteiger partial charge in [-0.15, -0.1) is 0 Å². The number of benzene rings is 2. The molecule has 0 aromatic heterocycles. The fourth-order valence-corrected chi connectivity index (χ4v) is 3.31. The maximum absolute atomic E-state index is 12.9. The average molecular weight is 365 g/mol. The molecule has 1 aliphatic rings. The van der Waals surface area contributed by atoms with Crippen molar-refractivity contribution in [3.8, 4) is 0 Å². The molecule has 0 atom stereocenters. The molecule has 1 fully saturated rings. The molecule has 2 aromatic rings. The lowest BCUT2D eigenvalue weighted by Gasteiger charge is -2.36. The van der Waals surface area contributed by atoms with Crippen LogP contribution in [0.15, 0.2) is 48.5 Å². The molecule has 3 rings (SSSR count). The van der Waals surface area contributed by atoms with Crippen LogP contribution in [0, 0.1) is 6.92 Å². The average Bonchev–Trinajstić information content (AvgIpc) is 2.71. The van der Waals surface area contributed by atoms with Gasteiger partial charge in [-0.3, -0.25) is 9.59 Å². The third-order valence-electron chi connectivity index (χ3n) is 4.84. The van der Waals surface area contributed by atoms with Crippen LogP contribution in [0.1, 0.15) is 39.6 Å². The van der Waals surface area contributed by atoms with Gasteiger partial charge in [-0.05, 0) is 49.2 Å². The molecular formula is C22H27N3O2. The van der Waals surface area contributed by atoms with E-state index in [4.69, 9.17) is 0 Å². The lowest BCUT2D eigenvalue weighted by Crippen LogP contribution is -2.48. The molecule has 1 saturated heterocycles. The number of carbonyl (C=O) groups excluding carboxylic acids is 2. The summed E-state index contributed by atoms with van der Waals surface area (Å²) < 4.78 is 0. The zero-order valence-electron chi connectivity index (χ0n) is 16.1. The van der Waals surface area contributed by atoms with Crippen LogP contribution in [0.5, 0.6) is 0 Å². The molecule has 1 aliphatic heterocycles. The quantitative estimate of drug-likeness (QED) is 0.886. The van der Waals surface area contributed by atoms with Gasteiger partial charge < -0.3 is 15.1 Å². The number of amides is 2. The molecule has 0 saturated carbocycles. The van der Waals surface area contributed by atoms with Gasteiger partial charge in [0.1, 0.15) is 0 Å². The van der Waals surface area contributed by atoms with Crippen LogP contribution < -0.4 is 10.2 Å². The molecule has 0 bridgehead atoms. The largest absolute Gasteiger partial charge is 0.368 e. The molecule has 1 N–H and O–H groups in total. The van der Waals surface area contributed by atoms with Crippen LogP contribution >= 0.6 is 0 Å². The molecule has 1 heterocycles. The fourth-order valence-electron chi connectivity index (χ4n) is 3.31. The first kappa shape index (κ1) is 19.0. The predicted molar refractivity (Wildman–Crippen MR) is 108 cm³/mol. The van der Waals surface area contributed by atoms with Crippen LogP contribution in [0.4, 0.5) is 5.69 Å². The van der Waals surface area contributed by atoms with Gasteiger partial charge in [-0.25, -0.2) is 0 Å². The lowest BCUT2D eigenvalue weighted by atomic mass is 10.1. The Morgan fingerprint density at radius 1 is 0.963 bits per heavy atom. The Balaban J connectivity index is 1.63. The summed E-state index contributed by atoms with van der Waals surface area (Å²) in [6.45, 7) is 7.72. The van der Waals surface area contributed by atoms with Crippen molar-refractivity contribution in [2.75, 3.05) is 37.6 Å². The molecule has 0 spiro atoms. The van der Waals surface area contributed by atoms with E-state index >= 15 is 0 Å². The molecular weight excluding hydrogens is 338 g/mol. The van der Waals surface area contributed by atoms with E-state index in [1.54, 1.807) is 24.3 Å². The zero-order chi connectivity index (χ0) is 19.2. The monoisotopic (exact) mass is 365 g/mol. The van der Waals surface area contributed by atoms with E-state index in [0.29, 0.717) is 30.8 Å². The highest BCUT2D eigenvalue weighted by Crippen LogP contribution is 2.19. The van der Waals surface area contributed by atoms with Crippen LogP contribution in [0.25, 0.3) is 0 Å². The standard InChI is InChI=1S/C22H27N3O2/c1-3-10-23-21(26)18-7-5-8-19(16-18)22(27)25-13-11-24(12-14-25)20-9-4-6-17(2)15-20/h4-9,15-16H,3,10-14H2,1-2H3,(H,23,26). The normalized spacial score (nSPS) is 14.1. The molecule has 2 aromatic carbocycles. The SMILES string of the molecule is CCCNC(=O)c1cccc(C(=O)N2CCN(c3cccc(C)c3)CC2)c1. The summed E-state index contributed by atoms with van der Waals surface area (Å²) in [5.41, 5.74) is 3.55. The van der Waals surface area contributed by atoms with Crippen LogP contribution in [0.3, 0.4) is 0 Å². The van der Waals surface area contributed by atoms with Gasteiger partial charge in [-0.1, -0.05) is 25.1 Å². The Morgan fingerprint density at radius 2 is 1.67 bits per heavy atom. The summed E-state index contributed by atoms with van der Waals surface area (Å²) in [5.74, 6) is -0.139. The number of carbonyl (C=O) groups is 2. The molecule has 2 amide bonds. The number of aryl methyl sites for hydroxylation is 1. The van der Waals surface area contributed by atoms with Crippen molar-refractivity contribution in [1.82, 2.24) is 10.2 Å². The van der Waals surface area contributed by atoms with Gasteiger partial charge in [0.15, 0.2) is 0 Å². The molecule has 27 heavy (non-hydrogen) atoms. The summed E-state index contributed by atoms with van der Waals surface area (Å²) in [6.07, 6.45) is 0.885. The first-order chi connectivity index (χ1) is 13.1. The molecule has 0 aliphatic carbocycles. The smallest absolute Gasteiger partial charge is 0.253 e. The van der Waals surface area contributed by atoms with Gasteiger partial charge in [0.05, 0.1) is 0 Å². The maximum atomic E-state index is 12.9. The van der Waals surface area contributed by atoms with Crippen molar-refractivity contribution in [2.45, 2.75) is 20.3 Å². The Bertz CT molecular complexity index is 811. The minimum Gasteiger partial charge on any atom is -0.368 e. The minimum atomic E-state index is -0.129. The maximum Gasteiger partial charge on any atom is 0.253 e. The molecule has 5 nitrogen and oxygen atoms in total. The van der Waals surface area contributed by atoms with Crippen LogP contribution in [-0.4, -0.2) is 49.4 Å². The number of nitrogens with zero attached hydrogens (tertiary/aromatic N) is 2. The number of piperazine rings is 1. The fraction of sp³-hybridized carbons (Fsp3) is 0.364. The summed E-state index contributed by atoms with van der Waals surface area (Å²) in [7, 11) is 0. The van der Waals surface area contributed by atoms with Crippen LogP contribution in [-0.2, 0) is 0 Å². The highest BCUT2D eigenvalue weighted by molar-refractivity contribution is 5.99.